The molecule has 1 unspecified atom stereocenters. The second-order valence-corrected chi connectivity index (χ2v) is 6.24. The standard InChI is InChI=1S/C10H21NO4S/c1-14-6-7-15-5-2-4-11-10-3-8-16(12,13)9-10/h10-11H,2-9H2,1H3. The molecule has 1 atom stereocenters. The van der Waals surface area contributed by atoms with Crippen LogP contribution in [0.1, 0.15) is 12.8 Å². The number of sulfone groups is 1. The molecule has 1 aliphatic heterocycles. The molecule has 5 nitrogen and oxygen atoms in total. The van der Waals surface area contributed by atoms with Crippen LogP contribution in [0.3, 0.4) is 0 Å². The van der Waals surface area contributed by atoms with Gasteiger partial charge in [-0.05, 0) is 19.4 Å². The third kappa shape index (κ3) is 5.79. The third-order valence-electron chi connectivity index (χ3n) is 2.56. The normalized spacial score (nSPS) is 23.7. The van der Waals surface area contributed by atoms with Crippen LogP contribution in [0.2, 0.25) is 0 Å². The van der Waals surface area contributed by atoms with Crippen LogP contribution in [0, 0.1) is 0 Å². The van der Waals surface area contributed by atoms with Crippen molar-refractivity contribution in [1.29, 1.82) is 0 Å². The minimum atomic E-state index is -2.76. The van der Waals surface area contributed by atoms with Gasteiger partial charge in [-0.1, -0.05) is 0 Å². The first-order chi connectivity index (χ1) is 7.64. The molecule has 0 aromatic rings. The van der Waals surface area contributed by atoms with Crippen molar-refractivity contribution in [3.8, 4) is 0 Å². The third-order valence-corrected chi connectivity index (χ3v) is 4.33. The second kappa shape index (κ2) is 7.21. The van der Waals surface area contributed by atoms with Crippen LogP contribution in [-0.4, -0.2) is 59.4 Å². The lowest BCUT2D eigenvalue weighted by molar-refractivity contribution is 0.0693. The Balaban J connectivity index is 1.92. The Morgan fingerprint density at radius 3 is 2.75 bits per heavy atom. The Morgan fingerprint density at radius 2 is 2.12 bits per heavy atom. The van der Waals surface area contributed by atoms with Gasteiger partial charge in [0.15, 0.2) is 9.84 Å². The molecule has 1 aliphatic rings. The van der Waals surface area contributed by atoms with Gasteiger partial charge in [0.05, 0.1) is 24.7 Å². The van der Waals surface area contributed by atoms with Gasteiger partial charge in [0.1, 0.15) is 0 Å². The fraction of sp³-hybridized carbons (Fsp3) is 1.00. The van der Waals surface area contributed by atoms with E-state index in [2.05, 4.69) is 5.32 Å². The molecule has 1 rings (SSSR count). The molecular weight excluding hydrogens is 230 g/mol. The van der Waals surface area contributed by atoms with Crippen LogP contribution in [0.4, 0.5) is 0 Å². The van der Waals surface area contributed by atoms with Gasteiger partial charge in [-0.25, -0.2) is 8.42 Å². The molecule has 1 N–H and O–H groups in total. The molecule has 6 heteroatoms. The van der Waals surface area contributed by atoms with Crippen LogP contribution < -0.4 is 5.32 Å². The summed E-state index contributed by atoms with van der Waals surface area (Å²) < 4.78 is 32.5. The van der Waals surface area contributed by atoms with Crippen molar-refractivity contribution in [2.45, 2.75) is 18.9 Å². The lowest BCUT2D eigenvalue weighted by Gasteiger charge is -2.10. The highest BCUT2D eigenvalue weighted by Gasteiger charge is 2.26. The molecule has 0 bridgehead atoms. The maximum atomic E-state index is 11.2. The Hall–Kier alpha value is -0.170. The van der Waals surface area contributed by atoms with Gasteiger partial charge in [-0.3, -0.25) is 0 Å². The van der Waals surface area contributed by atoms with E-state index in [0.717, 1.165) is 19.4 Å². The van der Waals surface area contributed by atoms with Gasteiger partial charge in [0.2, 0.25) is 0 Å². The summed E-state index contributed by atoms with van der Waals surface area (Å²) in [4.78, 5) is 0. The molecular formula is C10H21NO4S. The van der Waals surface area contributed by atoms with E-state index >= 15 is 0 Å². The van der Waals surface area contributed by atoms with Gasteiger partial charge in [-0.15, -0.1) is 0 Å². The lowest BCUT2D eigenvalue weighted by atomic mass is 10.2. The molecule has 0 radical (unpaired) electrons. The van der Waals surface area contributed by atoms with E-state index in [1.165, 1.54) is 0 Å². The molecule has 0 spiro atoms. The van der Waals surface area contributed by atoms with Gasteiger partial charge in [0, 0.05) is 19.8 Å². The lowest BCUT2D eigenvalue weighted by Crippen LogP contribution is -2.31. The molecule has 0 amide bonds. The summed E-state index contributed by atoms with van der Waals surface area (Å²) >= 11 is 0. The summed E-state index contributed by atoms with van der Waals surface area (Å²) in [5.74, 6) is 0.618. The molecule has 0 aromatic heterocycles. The Labute approximate surface area is 97.4 Å². The largest absolute Gasteiger partial charge is 0.382 e. The highest BCUT2D eigenvalue weighted by atomic mass is 32.2. The maximum Gasteiger partial charge on any atom is 0.151 e. The first-order valence-corrected chi connectivity index (χ1v) is 7.47. The van der Waals surface area contributed by atoms with E-state index in [9.17, 15) is 8.42 Å². The van der Waals surface area contributed by atoms with Crippen molar-refractivity contribution in [3.05, 3.63) is 0 Å². The molecule has 96 valence electrons. The molecule has 0 aliphatic carbocycles. The van der Waals surface area contributed by atoms with E-state index in [1.807, 2.05) is 0 Å². The smallest absolute Gasteiger partial charge is 0.151 e. The number of rotatable bonds is 8. The van der Waals surface area contributed by atoms with Crippen molar-refractivity contribution in [2.75, 3.05) is 45.0 Å². The predicted octanol–water partition coefficient (Wildman–Crippen LogP) is -0.184. The zero-order valence-corrected chi connectivity index (χ0v) is 10.6. The average Bonchev–Trinajstić information content (AvgIpc) is 2.57. The number of ether oxygens (including phenoxy) is 2. The zero-order chi connectivity index (χ0) is 11.9. The summed E-state index contributed by atoms with van der Waals surface area (Å²) in [7, 11) is -1.12. The molecule has 16 heavy (non-hydrogen) atoms. The van der Waals surface area contributed by atoms with Crippen LogP contribution in [-0.2, 0) is 19.3 Å². The van der Waals surface area contributed by atoms with E-state index in [0.29, 0.717) is 25.6 Å². The summed E-state index contributed by atoms with van der Waals surface area (Å²) in [5.41, 5.74) is 0. The van der Waals surface area contributed by atoms with E-state index in [1.54, 1.807) is 7.11 Å². The number of hydrogen-bond acceptors (Lipinski definition) is 5. The van der Waals surface area contributed by atoms with E-state index in [4.69, 9.17) is 9.47 Å². The van der Waals surface area contributed by atoms with E-state index < -0.39 is 9.84 Å². The maximum absolute atomic E-state index is 11.2. The molecule has 1 fully saturated rings. The van der Waals surface area contributed by atoms with Crippen LogP contribution in [0.15, 0.2) is 0 Å². The van der Waals surface area contributed by atoms with Crippen molar-refractivity contribution in [3.63, 3.8) is 0 Å². The fourth-order valence-electron chi connectivity index (χ4n) is 1.68. The highest BCUT2D eigenvalue weighted by Crippen LogP contribution is 2.10. The number of nitrogens with one attached hydrogen (secondary N) is 1. The Morgan fingerprint density at radius 1 is 1.31 bits per heavy atom. The minimum Gasteiger partial charge on any atom is -0.382 e. The zero-order valence-electron chi connectivity index (χ0n) is 9.78. The minimum absolute atomic E-state index is 0.143. The van der Waals surface area contributed by atoms with Gasteiger partial charge < -0.3 is 14.8 Å². The monoisotopic (exact) mass is 251 g/mol. The summed E-state index contributed by atoms with van der Waals surface area (Å²) in [5, 5.41) is 3.24. The topological polar surface area (TPSA) is 64.6 Å². The quantitative estimate of drug-likeness (QED) is 0.606. The first-order valence-electron chi connectivity index (χ1n) is 5.64. The molecule has 1 heterocycles. The van der Waals surface area contributed by atoms with Gasteiger partial charge in [0.25, 0.3) is 0 Å². The Bertz CT molecular complexity index is 279. The van der Waals surface area contributed by atoms with Crippen molar-refractivity contribution >= 4 is 9.84 Å². The SMILES string of the molecule is COCCOCCCNC1CCS(=O)(=O)C1. The van der Waals surface area contributed by atoms with Crippen LogP contribution in [0.25, 0.3) is 0 Å². The predicted molar refractivity (Wildman–Crippen MR) is 62.4 cm³/mol. The summed E-state index contributed by atoms with van der Waals surface area (Å²) in [6.45, 7) is 2.74. The Kier molecular flexibility index (Phi) is 6.26. The second-order valence-electron chi connectivity index (χ2n) is 4.01. The van der Waals surface area contributed by atoms with Gasteiger partial charge in [-0.2, -0.15) is 0 Å². The fourth-order valence-corrected chi connectivity index (χ4v) is 3.39. The van der Waals surface area contributed by atoms with Crippen molar-refractivity contribution in [1.82, 2.24) is 5.32 Å². The summed E-state index contributed by atoms with van der Waals surface area (Å²) in [6, 6.07) is 0.143. The van der Waals surface area contributed by atoms with Crippen molar-refractivity contribution < 1.29 is 17.9 Å². The first kappa shape index (κ1) is 13.9. The van der Waals surface area contributed by atoms with Crippen LogP contribution >= 0.6 is 0 Å². The average molecular weight is 251 g/mol. The molecule has 1 saturated heterocycles. The van der Waals surface area contributed by atoms with Crippen molar-refractivity contribution in [2.24, 2.45) is 0 Å². The van der Waals surface area contributed by atoms with Gasteiger partial charge >= 0.3 is 0 Å². The van der Waals surface area contributed by atoms with Crippen LogP contribution in [0.5, 0.6) is 0 Å². The molecule has 0 saturated carbocycles. The van der Waals surface area contributed by atoms with E-state index in [-0.39, 0.29) is 11.8 Å². The highest BCUT2D eigenvalue weighted by molar-refractivity contribution is 7.91. The number of methoxy groups -OCH3 is 1. The summed E-state index contributed by atoms with van der Waals surface area (Å²) in [6.07, 6.45) is 1.65. The number of hydrogen-bond donors (Lipinski definition) is 1. The molecule has 0 aromatic carbocycles.